The molecule has 1 N–H and O–H groups in total. The molecule has 1 amide bonds. The summed E-state index contributed by atoms with van der Waals surface area (Å²) in [6.45, 7) is 8.77. The molecule has 3 aromatic rings. The van der Waals surface area contributed by atoms with Gasteiger partial charge in [-0.1, -0.05) is 29.8 Å². The van der Waals surface area contributed by atoms with Crippen LogP contribution in [0.2, 0.25) is 5.02 Å². The second-order valence-electron chi connectivity index (χ2n) is 10.5. The number of nitrogens with one attached hydrogen (secondary N) is 1. The summed E-state index contributed by atoms with van der Waals surface area (Å²) < 4.78 is 5.72. The third-order valence-corrected chi connectivity index (χ3v) is 8.43. The Labute approximate surface area is 257 Å². The predicted molar refractivity (Wildman–Crippen MR) is 177 cm³/mol. The van der Waals surface area contributed by atoms with E-state index in [0.29, 0.717) is 23.9 Å². The van der Waals surface area contributed by atoms with Crippen molar-refractivity contribution in [1.82, 2.24) is 5.01 Å². The van der Waals surface area contributed by atoms with Crippen LogP contribution in [0.1, 0.15) is 63.8 Å². The summed E-state index contributed by atoms with van der Waals surface area (Å²) in [6, 6.07) is 13.8. The lowest BCUT2D eigenvalue weighted by Crippen LogP contribution is -2.17. The van der Waals surface area contributed by atoms with Crippen LogP contribution >= 0.6 is 22.9 Å². The third kappa shape index (κ3) is 7.95. The summed E-state index contributed by atoms with van der Waals surface area (Å²) in [5, 5.41) is 18.0. The van der Waals surface area contributed by atoms with Gasteiger partial charge in [-0.3, -0.25) is 9.80 Å². The monoisotopic (exact) mass is 603 g/mol. The number of carbonyl (C=O) groups is 1. The lowest BCUT2D eigenvalue weighted by Gasteiger charge is -2.14. The molecule has 1 aromatic heterocycles. The number of nitrogens with zero attached hydrogens (tertiary/aromatic N) is 4. The average molecular weight is 604 g/mol. The highest BCUT2D eigenvalue weighted by Crippen LogP contribution is 2.36. The van der Waals surface area contributed by atoms with Gasteiger partial charge >= 0.3 is 0 Å². The van der Waals surface area contributed by atoms with Crippen LogP contribution in [0.15, 0.2) is 63.8 Å². The number of carbonyl (C=O) groups excluding carboxylic acids is 1. The first-order valence-electron chi connectivity index (χ1n) is 14.0. The minimum Gasteiger partial charge on any atom is -0.471 e. The molecule has 0 radical (unpaired) electrons. The van der Waals surface area contributed by atoms with Crippen LogP contribution in [0.25, 0.3) is 5.57 Å². The maximum atomic E-state index is 13.1. The Morgan fingerprint density at radius 2 is 1.88 bits per heavy atom. The standard InChI is InChI=1S/C33H38ClN5O2S/c1-7-35-36-19-24(17-31(40)37-28-15-16-30-26(18-28)20-41-33(30)38-39(5)6)9-8-10-29(25-11-13-27(34)14-12-25)32-21(2)22(3)42-23(32)4/h7,10-16,18-19,24H,8-9,17,20H2,1-6H3,(H,37,40)/b29-10-,35-7+,36-19+,38-33-/t24-/m0/s1. The first-order chi connectivity index (χ1) is 20.2. The summed E-state index contributed by atoms with van der Waals surface area (Å²) in [7, 11) is 3.71. The van der Waals surface area contributed by atoms with Gasteiger partial charge in [0.2, 0.25) is 11.8 Å². The van der Waals surface area contributed by atoms with Crippen molar-refractivity contribution in [2.75, 3.05) is 19.4 Å². The summed E-state index contributed by atoms with van der Waals surface area (Å²) in [5.74, 6) is 0.434. The van der Waals surface area contributed by atoms with E-state index in [1.165, 1.54) is 26.5 Å². The van der Waals surface area contributed by atoms with E-state index in [9.17, 15) is 4.79 Å². The summed E-state index contributed by atoms with van der Waals surface area (Å²) in [5.41, 5.74) is 7.57. The second kappa shape index (κ2) is 14.4. The number of allylic oxidation sites excluding steroid dienone is 1. The Hall–Kier alpha value is -3.75. The quantitative estimate of drug-likeness (QED) is 0.178. The Kier molecular flexibility index (Phi) is 10.7. The van der Waals surface area contributed by atoms with Crippen molar-refractivity contribution in [2.24, 2.45) is 21.2 Å². The fourth-order valence-electron chi connectivity index (χ4n) is 4.99. The number of anilines is 1. The summed E-state index contributed by atoms with van der Waals surface area (Å²) in [6.07, 6.45) is 7.51. The molecule has 1 atom stereocenters. The van der Waals surface area contributed by atoms with E-state index in [2.05, 4.69) is 59.6 Å². The van der Waals surface area contributed by atoms with Crippen LogP contribution in [0.4, 0.5) is 5.69 Å². The van der Waals surface area contributed by atoms with Gasteiger partial charge in [0.05, 0.1) is 0 Å². The number of ether oxygens (including phenoxy) is 1. The molecule has 0 unspecified atom stereocenters. The normalized spacial score (nSPS) is 14.9. The Bertz CT molecular complexity index is 1540. The van der Waals surface area contributed by atoms with Crippen molar-refractivity contribution in [1.29, 1.82) is 0 Å². The number of halogens is 1. The molecule has 9 heteroatoms. The van der Waals surface area contributed by atoms with E-state index >= 15 is 0 Å². The number of rotatable bonds is 11. The van der Waals surface area contributed by atoms with Gasteiger partial charge in [0, 0.05) is 70.5 Å². The molecule has 0 saturated heterocycles. The van der Waals surface area contributed by atoms with Crippen molar-refractivity contribution < 1.29 is 9.53 Å². The van der Waals surface area contributed by atoms with Gasteiger partial charge < -0.3 is 10.1 Å². The zero-order valence-corrected chi connectivity index (χ0v) is 26.6. The molecular formula is C33H38ClN5O2S. The summed E-state index contributed by atoms with van der Waals surface area (Å²) >= 11 is 8.02. The highest BCUT2D eigenvalue weighted by molar-refractivity contribution is 7.12. The molecule has 2 aromatic carbocycles. The minimum atomic E-state index is -0.0839. The Morgan fingerprint density at radius 1 is 1.12 bits per heavy atom. The van der Waals surface area contributed by atoms with Crippen LogP contribution in [0, 0.1) is 26.7 Å². The van der Waals surface area contributed by atoms with Crippen molar-refractivity contribution >= 4 is 58.4 Å². The van der Waals surface area contributed by atoms with Crippen molar-refractivity contribution in [3.05, 3.63) is 91.1 Å². The van der Waals surface area contributed by atoms with Crippen molar-refractivity contribution in [3.8, 4) is 0 Å². The number of hydrogen-bond acceptors (Lipinski definition) is 7. The van der Waals surface area contributed by atoms with Gasteiger partial charge in [0.15, 0.2) is 0 Å². The highest BCUT2D eigenvalue weighted by atomic mass is 35.5. The zero-order chi connectivity index (χ0) is 30.2. The van der Waals surface area contributed by atoms with Crippen LogP contribution < -0.4 is 5.32 Å². The van der Waals surface area contributed by atoms with Crippen LogP contribution in [0.5, 0.6) is 0 Å². The average Bonchev–Trinajstić information content (AvgIpc) is 3.45. The van der Waals surface area contributed by atoms with E-state index in [0.717, 1.165) is 35.2 Å². The molecule has 0 saturated carbocycles. The van der Waals surface area contributed by atoms with Gasteiger partial charge in [0.25, 0.3) is 0 Å². The number of aryl methyl sites for hydroxylation is 2. The largest absolute Gasteiger partial charge is 0.471 e. The Morgan fingerprint density at radius 3 is 2.55 bits per heavy atom. The SMILES string of the molecule is C/C=N/N=C/[C@@H](CC/C=C(/c1ccc(Cl)cc1)c1c(C)sc(C)c1C)CC(=O)Nc1ccc2c(c1)CO/C2=N\N(C)C. The van der Waals surface area contributed by atoms with Gasteiger partial charge in [0.1, 0.15) is 6.61 Å². The molecule has 1 aliphatic heterocycles. The van der Waals surface area contributed by atoms with Crippen LogP contribution in [-0.4, -0.2) is 43.3 Å². The number of hydrazone groups is 1. The lowest BCUT2D eigenvalue weighted by molar-refractivity contribution is -0.116. The topological polar surface area (TPSA) is 78.6 Å². The van der Waals surface area contributed by atoms with Crippen LogP contribution in [0.3, 0.4) is 0 Å². The number of amides is 1. The molecule has 4 rings (SSSR count). The molecule has 7 nitrogen and oxygen atoms in total. The number of thiophene rings is 1. The highest BCUT2D eigenvalue weighted by Gasteiger charge is 2.21. The zero-order valence-electron chi connectivity index (χ0n) is 25.1. The van der Waals surface area contributed by atoms with E-state index in [-0.39, 0.29) is 11.8 Å². The van der Waals surface area contributed by atoms with E-state index < -0.39 is 0 Å². The second-order valence-corrected chi connectivity index (χ2v) is 12.3. The van der Waals surface area contributed by atoms with Gasteiger partial charge in [-0.25, -0.2) is 0 Å². The molecule has 0 fully saturated rings. The smallest absolute Gasteiger partial charge is 0.238 e. The van der Waals surface area contributed by atoms with Crippen LogP contribution in [-0.2, 0) is 16.1 Å². The van der Waals surface area contributed by atoms with E-state index in [4.69, 9.17) is 16.3 Å². The number of benzene rings is 2. The number of fused-ring (bicyclic) bond motifs is 1. The summed E-state index contributed by atoms with van der Waals surface area (Å²) in [4.78, 5) is 15.7. The lowest BCUT2D eigenvalue weighted by atomic mass is 9.92. The van der Waals surface area contributed by atoms with Gasteiger partial charge in [-0.2, -0.15) is 10.2 Å². The Balaban J connectivity index is 1.49. The number of hydrogen-bond donors (Lipinski definition) is 1. The first-order valence-corrected chi connectivity index (χ1v) is 15.2. The molecule has 42 heavy (non-hydrogen) atoms. The van der Waals surface area contributed by atoms with Gasteiger partial charge in [-0.05, 0) is 93.1 Å². The molecule has 220 valence electrons. The first kappa shape index (κ1) is 31.2. The fourth-order valence-corrected chi connectivity index (χ4v) is 6.20. The van der Waals surface area contributed by atoms with Crippen molar-refractivity contribution in [3.63, 3.8) is 0 Å². The molecule has 0 aliphatic carbocycles. The minimum absolute atomic E-state index is 0.0740. The predicted octanol–water partition coefficient (Wildman–Crippen LogP) is 8.01. The molecular weight excluding hydrogens is 566 g/mol. The molecule has 2 heterocycles. The van der Waals surface area contributed by atoms with Crippen molar-refractivity contribution in [2.45, 2.75) is 53.6 Å². The molecule has 0 spiro atoms. The third-order valence-electron chi connectivity index (χ3n) is 7.05. The maximum Gasteiger partial charge on any atom is 0.238 e. The van der Waals surface area contributed by atoms with E-state index in [1.807, 2.05) is 62.7 Å². The fraction of sp³-hybridized carbons (Fsp3) is 0.333. The molecule has 1 aliphatic rings. The molecule has 0 bridgehead atoms. The van der Waals surface area contributed by atoms with Gasteiger partial charge in [-0.15, -0.1) is 16.4 Å². The van der Waals surface area contributed by atoms with E-state index in [1.54, 1.807) is 17.4 Å². The maximum absolute atomic E-state index is 13.1.